The summed E-state index contributed by atoms with van der Waals surface area (Å²) in [7, 11) is 0. The molecule has 2 saturated carbocycles. The van der Waals surface area contributed by atoms with Gasteiger partial charge in [-0.25, -0.2) is 13.1 Å². The zero-order valence-corrected chi connectivity index (χ0v) is 16.7. The Hall–Kier alpha value is -1.02. The second-order valence-electron chi connectivity index (χ2n) is 9.96. The van der Waals surface area contributed by atoms with Gasteiger partial charge in [0.1, 0.15) is 0 Å². The van der Waals surface area contributed by atoms with E-state index in [2.05, 4.69) is 51.2 Å². The number of hydrogen-bond acceptors (Lipinski definition) is 0. The lowest BCUT2D eigenvalue weighted by molar-refractivity contribution is -0.0971. The summed E-state index contributed by atoms with van der Waals surface area (Å²) in [6.07, 6.45) is 8.99. The molecule has 2 nitrogen and oxygen atoms in total. The van der Waals surface area contributed by atoms with Crippen LogP contribution in [0.15, 0.2) is 0 Å². The monoisotopic (exact) mass is 328 g/mol. The van der Waals surface area contributed by atoms with Crippen LogP contribution in [0.4, 0.5) is 0 Å². The lowest BCUT2D eigenvalue weighted by Crippen LogP contribution is -2.56. The first-order chi connectivity index (χ1) is 11.1. The van der Waals surface area contributed by atoms with Crippen LogP contribution in [-0.4, -0.2) is 11.1 Å². The van der Waals surface area contributed by atoms with E-state index in [-0.39, 0.29) is 16.5 Å². The fraction of sp³-hybridized carbons (Fsp3) is 0.909. The van der Waals surface area contributed by atoms with E-state index in [1.807, 2.05) is 0 Å². The maximum Gasteiger partial charge on any atom is 0.233 e. The van der Waals surface area contributed by atoms with Crippen LogP contribution in [0.2, 0.25) is 0 Å². The van der Waals surface area contributed by atoms with E-state index in [4.69, 9.17) is 13.1 Å². The molecule has 0 radical (unpaired) electrons. The smallest absolute Gasteiger partial charge is 0.233 e. The van der Waals surface area contributed by atoms with Gasteiger partial charge in [-0.15, -0.1) is 0 Å². The first-order valence-corrected chi connectivity index (χ1v) is 9.84. The molecule has 0 amide bonds. The Morgan fingerprint density at radius 2 is 1.75 bits per heavy atom. The molecule has 0 aromatic heterocycles. The van der Waals surface area contributed by atoms with E-state index >= 15 is 0 Å². The molecule has 2 aliphatic rings. The highest BCUT2D eigenvalue weighted by Crippen LogP contribution is 2.63. The van der Waals surface area contributed by atoms with E-state index in [0.29, 0.717) is 11.3 Å². The Kier molecular flexibility index (Phi) is 5.12. The average molecular weight is 329 g/mol. The summed E-state index contributed by atoms with van der Waals surface area (Å²) in [5, 5.41) is 0. The minimum atomic E-state index is -0.254. The number of nitrogens with zero attached hydrogens (tertiary/aromatic N) is 2. The van der Waals surface area contributed by atoms with Crippen molar-refractivity contribution >= 4 is 0 Å². The molecule has 134 valence electrons. The van der Waals surface area contributed by atoms with Crippen molar-refractivity contribution < 1.29 is 0 Å². The molecule has 0 saturated heterocycles. The molecule has 2 rings (SSSR count). The van der Waals surface area contributed by atoms with E-state index in [0.717, 1.165) is 31.6 Å². The van der Waals surface area contributed by atoms with Crippen molar-refractivity contribution in [1.29, 1.82) is 0 Å². The summed E-state index contributed by atoms with van der Waals surface area (Å²) in [6.45, 7) is 29.3. The van der Waals surface area contributed by atoms with Gasteiger partial charge in [0.05, 0.1) is 0 Å². The van der Waals surface area contributed by atoms with Crippen molar-refractivity contribution in [2.45, 2.75) is 104 Å². The first-order valence-electron chi connectivity index (χ1n) is 9.84. The molecule has 0 unspecified atom stereocenters. The van der Waals surface area contributed by atoms with Gasteiger partial charge in [-0.3, -0.25) is 0 Å². The normalized spacial score (nSPS) is 40.7. The maximum absolute atomic E-state index is 7.90. The molecule has 2 heteroatoms. The van der Waals surface area contributed by atoms with Gasteiger partial charge in [-0.05, 0) is 42.4 Å². The summed E-state index contributed by atoms with van der Waals surface area (Å²) < 4.78 is 0. The summed E-state index contributed by atoms with van der Waals surface area (Å²) in [5.41, 5.74) is 0.157. The van der Waals surface area contributed by atoms with Crippen molar-refractivity contribution in [2.24, 2.45) is 22.7 Å². The molecule has 0 heterocycles. The molecular formula is C22H36N2. The Labute approximate surface area is 150 Å². The number of fused-ring (bicyclic) bond motifs is 1. The highest BCUT2D eigenvalue weighted by atomic mass is 14.9. The molecule has 5 atom stereocenters. The highest BCUT2D eigenvalue weighted by molar-refractivity contribution is 5.14. The summed E-state index contributed by atoms with van der Waals surface area (Å²) in [4.78, 5) is 8.09. The predicted octanol–water partition coefficient (Wildman–Crippen LogP) is 6.78. The minimum absolute atomic E-state index is 0.241. The standard InChI is InChI=1S/C22H36N2/c1-9-20(4,23-7)15-11-18-21(5)14-10-13-19(2,3)17(21)12-16-22(18,6)24-8/h17-18H,9-16H2,1-6H3/t17-,18+,20+,21-,22-/m0/s1. The maximum atomic E-state index is 7.90. The summed E-state index contributed by atoms with van der Waals surface area (Å²) >= 11 is 0. The van der Waals surface area contributed by atoms with Crippen LogP contribution in [0.5, 0.6) is 0 Å². The van der Waals surface area contributed by atoms with E-state index < -0.39 is 0 Å². The Bertz CT molecular complexity index is 551. The van der Waals surface area contributed by atoms with Crippen LogP contribution < -0.4 is 0 Å². The summed E-state index contributed by atoms with van der Waals surface area (Å²) in [6, 6.07) is 0. The van der Waals surface area contributed by atoms with Gasteiger partial charge in [0.2, 0.25) is 11.1 Å². The fourth-order valence-electron chi connectivity index (χ4n) is 6.17. The number of rotatable bonds is 4. The third-order valence-electron chi connectivity index (χ3n) is 8.02. The van der Waals surface area contributed by atoms with Crippen LogP contribution in [0.3, 0.4) is 0 Å². The highest BCUT2D eigenvalue weighted by Gasteiger charge is 2.61. The molecule has 0 aliphatic heterocycles. The third kappa shape index (κ3) is 3.10. The fourth-order valence-corrected chi connectivity index (χ4v) is 6.17. The van der Waals surface area contributed by atoms with Crippen molar-refractivity contribution in [1.82, 2.24) is 0 Å². The zero-order valence-electron chi connectivity index (χ0n) is 16.7. The molecular weight excluding hydrogens is 292 g/mol. The van der Waals surface area contributed by atoms with Crippen molar-refractivity contribution in [2.75, 3.05) is 0 Å². The molecule has 2 fully saturated rings. The lowest BCUT2D eigenvalue weighted by Gasteiger charge is -2.59. The van der Waals surface area contributed by atoms with Gasteiger partial charge in [0.15, 0.2) is 0 Å². The van der Waals surface area contributed by atoms with Crippen LogP contribution in [0.25, 0.3) is 9.69 Å². The van der Waals surface area contributed by atoms with Crippen molar-refractivity contribution in [3.8, 4) is 0 Å². The molecule has 0 aromatic rings. The van der Waals surface area contributed by atoms with Crippen LogP contribution in [-0.2, 0) is 0 Å². The van der Waals surface area contributed by atoms with E-state index in [1.165, 1.54) is 25.7 Å². The van der Waals surface area contributed by atoms with E-state index in [1.54, 1.807) is 0 Å². The van der Waals surface area contributed by atoms with Gasteiger partial charge in [0, 0.05) is 39.0 Å². The Morgan fingerprint density at radius 1 is 1.08 bits per heavy atom. The third-order valence-corrected chi connectivity index (χ3v) is 8.02. The largest absolute Gasteiger partial charge is 0.311 e. The van der Waals surface area contributed by atoms with Crippen LogP contribution >= 0.6 is 0 Å². The SMILES string of the molecule is [C-]#[N+][C@](C)(CC)CC[C@@H]1[C@@]2(C)CCCC(C)(C)[C@@H]2CC[C@]1(C)[N+]#[C-]. The molecule has 24 heavy (non-hydrogen) atoms. The molecule has 0 aromatic carbocycles. The molecule has 2 aliphatic carbocycles. The van der Waals surface area contributed by atoms with Crippen molar-refractivity contribution in [3.63, 3.8) is 0 Å². The quantitative estimate of drug-likeness (QED) is 0.503. The molecule has 0 spiro atoms. The van der Waals surface area contributed by atoms with Gasteiger partial charge in [-0.1, -0.05) is 34.1 Å². The van der Waals surface area contributed by atoms with E-state index in [9.17, 15) is 0 Å². The Balaban J connectivity index is 2.35. The van der Waals surface area contributed by atoms with Crippen LogP contribution in [0, 0.1) is 35.8 Å². The van der Waals surface area contributed by atoms with Gasteiger partial charge >= 0.3 is 0 Å². The van der Waals surface area contributed by atoms with Crippen LogP contribution in [0.1, 0.15) is 92.9 Å². The minimum Gasteiger partial charge on any atom is -0.311 e. The average Bonchev–Trinajstić information content (AvgIpc) is 2.53. The van der Waals surface area contributed by atoms with Gasteiger partial charge in [0.25, 0.3) is 0 Å². The van der Waals surface area contributed by atoms with Gasteiger partial charge < -0.3 is 9.69 Å². The zero-order chi connectivity index (χ0) is 18.2. The molecule has 0 N–H and O–H groups in total. The first kappa shape index (κ1) is 19.3. The second kappa shape index (κ2) is 6.37. The van der Waals surface area contributed by atoms with Gasteiger partial charge in [-0.2, -0.15) is 0 Å². The second-order valence-corrected chi connectivity index (χ2v) is 9.96. The Morgan fingerprint density at radius 3 is 2.29 bits per heavy atom. The summed E-state index contributed by atoms with van der Waals surface area (Å²) in [5.74, 6) is 1.15. The number of hydrogen-bond donors (Lipinski definition) is 0. The topological polar surface area (TPSA) is 8.72 Å². The predicted molar refractivity (Wildman–Crippen MR) is 101 cm³/mol. The lowest BCUT2D eigenvalue weighted by atomic mass is 9.44. The van der Waals surface area contributed by atoms with Crippen molar-refractivity contribution in [3.05, 3.63) is 22.8 Å². The molecule has 0 bridgehead atoms.